The van der Waals surface area contributed by atoms with Crippen LogP contribution in [0.2, 0.25) is 0 Å². The van der Waals surface area contributed by atoms with Gasteiger partial charge in [-0.1, -0.05) is 31.5 Å². The SMILES string of the molecule is CCCCN1CCc2cc(/C=C3\C(=O)NC(=S)N(c4ccccc4F)C3=O)ccc21. The van der Waals surface area contributed by atoms with Gasteiger partial charge in [-0.05, 0) is 66.5 Å². The molecule has 2 aliphatic rings. The number of amides is 2. The predicted octanol–water partition coefficient (Wildman–Crippen LogP) is 3.82. The van der Waals surface area contributed by atoms with Gasteiger partial charge in [0, 0.05) is 18.8 Å². The third-order valence-corrected chi connectivity index (χ3v) is 5.67. The molecule has 0 aliphatic carbocycles. The molecule has 30 heavy (non-hydrogen) atoms. The first kappa shape index (κ1) is 20.2. The quantitative estimate of drug-likeness (QED) is 0.451. The maximum absolute atomic E-state index is 14.3. The Balaban J connectivity index is 1.65. The first-order chi connectivity index (χ1) is 14.5. The Kier molecular flexibility index (Phi) is 5.63. The summed E-state index contributed by atoms with van der Waals surface area (Å²) in [4.78, 5) is 28.9. The van der Waals surface area contributed by atoms with Gasteiger partial charge in [0.05, 0.1) is 5.69 Å². The van der Waals surface area contributed by atoms with Crippen molar-refractivity contribution in [3.63, 3.8) is 0 Å². The van der Waals surface area contributed by atoms with Crippen LogP contribution in [-0.2, 0) is 16.0 Å². The maximum atomic E-state index is 14.3. The van der Waals surface area contributed by atoms with Crippen LogP contribution in [0.1, 0.15) is 30.9 Å². The number of hydrogen-bond donors (Lipinski definition) is 1. The van der Waals surface area contributed by atoms with Gasteiger partial charge in [-0.3, -0.25) is 14.9 Å². The Labute approximate surface area is 180 Å². The van der Waals surface area contributed by atoms with Gasteiger partial charge in [0.25, 0.3) is 11.8 Å². The molecule has 1 N–H and O–H groups in total. The van der Waals surface area contributed by atoms with Crippen LogP contribution in [0.15, 0.2) is 48.0 Å². The molecule has 2 amide bonds. The van der Waals surface area contributed by atoms with E-state index in [1.807, 2.05) is 18.2 Å². The molecule has 1 fully saturated rings. The molecular formula is C23H22FN3O2S. The van der Waals surface area contributed by atoms with Crippen LogP contribution in [0, 0.1) is 5.82 Å². The average molecular weight is 424 g/mol. The van der Waals surface area contributed by atoms with Crippen LogP contribution in [-0.4, -0.2) is 30.0 Å². The largest absolute Gasteiger partial charge is 0.371 e. The number of para-hydroxylation sites is 1. The number of halogens is 1. The number of nitrogens with one attached hydrogen (secondary N) is 1. The van der Waals surface area contributed by atoms with E-state index < -0.39 is 17.6 Å². The fourth-order valence-electron chi connectivity index (χ4n) is 3.84. The molecule has 7 heteroatoms. The second-order valence-electron chi connectivity index (χ2n) is 7.39. The lowest BCUT2D eigenvalue weighted by Crippen LogP contribution is -2.54. The fraction of sp³-hybridized carbons (Fsp3) is 0.261. The summed E-state index contributed by atoms with van der Waals surface area (Å²) >= 11 is 5.13. The average Bonchev–Trinajstić information content (AvgIpc) is 3.13. The third-order valence-electron chi connectivity index (χ3n) is 5.38. The number of thiocarbonyl (C=S) groups is 1. The first-order valence-electron chi connectivity index (χ1n) is 10.0. The van der Waals surface area contributed by atoms with Crippen LogP contribution < -0.4 is 15.1 Å². The van der Waals surface area contributed by atoms with E-state index in [0.29, 0.717) is 0 Å². The summed E-state index contributed by atoms with van der Waals surface area (Å²) < 4.78 is 14.3. The topological polar surface area (TPSA) is 52.7 Å². The van der Waals surface area contributed by atoms with Crippen molar-refractivity contribution in [1.82, 2.24) is 5.32 Å². The van der Waals surface area contributed by atoms with Gasteiger partial charge >= 0.3 is 0 Å². The maximum Gasteiger partial charge on any atom is 0.270 e. The van der Waals surface area contributed by atoms with Crippen molar-refractivity contribution < 1.29 is 14.0 Å². The number of benzene rings is 2. The zero-order valence-electron chi connectivity index (χ0n) is 16.7. The monoisotopic (exact) mass is 423 g/mol. The molecule has 2 aliphatic heterocycles. The second-order valence-corrected chi connectivity index (χ2v) is 7.77. The van der Waals surface area contributed by atoms with Crippen molar-refractivity contribution in [2.24, 2.45) is 0 Å². The van der Waals surface area contributed by atoms with E-state index in [2.05, 4.69) is 17.1 Å². The molecule has 154 valence electrons. The molecule has 2 aromatic carbocycles. The van der Waals surface area contributed by atoms with Gasteiger partial charge in [0.2, 0.25) is 0 Å². The summed E-state index contributed by atoms with van der Waals surface area (Å²) in [6.45, 7) is 4.18. The summed E-state index contributed by atoms with van der Waals surface area (Å²) in [5, 5.41) is 2.36. The highest BCUT2D eigenvalue weighted by atomic mass is 32.1. The van der Waals surface area contributed by atoms with Gasteiger partial charge in [-0.15, -0.1) is 0 Å². The van der Waals surface area contributed by atoms with E-state index in [0.717, 1.165) is 42.8 Å². The van der Waals surface area contributed by atoms with Crippen LogP contribution in [0.5, 0.6) is 0 Å². The number of anilines is 2. The van der Waals surface area contributed by atoms with Crippen molar-refractivity contribution in [2.45, 2.75) is 26.2 Å². The molecule has 2 aromatic rings. The Hall–Kier alpha value is -3.06. The number of carbonyl (C=O) groups is 2. The zero-order chi connectivity index (χ0) is 21.3. The van der Waals surface area contributed by atoms with Crippen molar-refractivity contribution >= 4 is 46.6 Å². The number of unbranched alkanes of at least 4 members (excludes halogenated alkanes) is 1. The molecule has 0 saturated carbocycles. The summed E-state index contributed by atoms with van der Waals surface area (Å²) in [6, 6.07) is 11.8. The highest BCUT2D eigenvalue weighted by Gasteiger charge is 2.35. The number of nitrogens with zero attached hydrogens (tertiary/aromatic N) is 2. The Morgan fingerprint density at radius 1 is 1.17 bits per heavy atom. The molecule has 0 aromatic heterocycles. The highest BCUT2D eigenvalue weighted by molar-refractivity contribution is 7.80. The smallest absolute Gasteiger partial charge is 0.270 e. The van der Waals surface area contributed by atoms with Crippen molar-refractivity contribution in [1.29, 1.82) is 0 Å². The van der Waals surface area contributed by atoms with Gasteiger partial charge < -0.3 is 4.90 Å². The lowest BCUT2D eigenvalue weighted by atomic mass is 10.0. The number of carbonyl (C=O) groups excluding carboxylic acids is 2. The van der Waals surface area contributed by atoms with E-state index in [1.54, 1.807) is 12.1 Å². The number of rotatable bonds is 5. The van der Waals surface area contributed by atoms with Crippen LogP contribution in [0.3, 0.4) is 0 Å². The van der Waals surface area contributed by atoms with E-state index in [-0.39, 0.29) is 16.4 Å². The minimum Gasteiger partial charge on any atom is -0.371 e. The predicted molar refractivity (Wildman–Crippen MR) is 120 cm³/mol. The van der Waals surface area contributed by atoms with Gasteiger partial charge in [0.1, 0.15) is 11.4 Å². The minimum absolute atomic E-state index is 0.0129. The highest BCUT2D eigenvalue weighted by Crippen LogP contribution is 2.30. The lowest BCUT2D eigenvalue weighted by Gasteiger charge is -2.29. The molecule has 5 nitrogen and oxygen atoms in total. The van der Waals surface area contributed by atoms with Crippen LogP contribution >= 0.6 is 12.2 Å². The van der Waals surface area contributed by atoms with E-state index >= 15 is 0 Å². The molecule has 0 bridgehead atoms. The fourth-order valence-corrected chi connectivity index (χ4v) is 4.11. The summed E-state index contributed by atoms with van der Waals surface area (Å²) in [6.07, 6.45) is 4.77. The normalized spacial score (nSPS) is 17.5. The zero-order valence-corrected chi connectivity index (χ0v) is 17.5. The van der Waals surface area contributed by atoms with Gasteiger partial charge in [-0.25, -0.2) is 9.29 Å². The molecule has 2 heterocycles. The summed E-state index contributed by atoms with van der Waals surface area (Å²) in [5.74, 6) is -1.81. The third kappa shape index (κ3) is 3.73. The molecule has 1 saturated heterocycles. The lowest BCUT2D eigenvalue weighted by molar-refractivity contribution is -0.122. The molecule has 0 unspecified atom stereocenters. The van der Waals surface area contributed by atoms with Crippen molar-refractivity contribution in [3.8, 4) is 0 Å². The Morgan fingerprint density at radius 3 is 2.73 bits per heavy atom. The molecule has 0 spiro atoms. The van der Waals surface area contributed by atoms with E-state index in [1.165, 1.54) is 29.4 Å². The molecular weight excluding hydrogens is 401 g/mol. The van der Waals surface area contributed by atoms with E-state index in [4.69, 9.17) is 12.2 Å². The summed E-state index contributed by atoms with van der Waals surface area (Å²) in [5.41, 5.74) is 3.10. The van der Waals surface area contributed by atoms with E-state index in [9.17, 15) is 14.0 Å². The van der Waals surface area contributed by atoms with Crippen LogP contribution in [0.4, 0.5) is 15.8 Å². The van der Waals surface area contributed by atoms with Crippen molar-refractivity contribution in [3.05, 3.63) is 65.0 Å². The first-order valence-corrected chi connectivity index (χ1v) is 10.4. The Morgan fingerprint density at radius 2 is 1.97 bits per heavy atom. The standard InChI is InChI=1S/C23H22FN3O2S/c1-2-3-11-26-12-10-16-13-15(8-9-19(16)26)14-17-21(28)25-23(30)27(22(17)29)20-7-5-4-6-18(20)24/h4-9,13-14H,2-3,10-12H2,1H3,(H,25,28,30)/b17-14+. The van der Waals surface area contributed by atoms with Gasteiger partial charge in [-0.2, -0.15) is 0 Å². The number of hydrogen-bond acceptors (Lipinski definition) is 4. The second kappa shape index (κ2) is 8.36. The molecule has 0 atom stereocenters. The summed E-state index contributed by atoms with van der Waals surface area (Å²) in [7, 11) is 0. The minimum atomic E-state index is -0.640. The van der Waals surface area contributed by atoms with Crippen LogP contribution in [0.25, 0.3) is 6.08 Å². The van der Waals surface area contributed by atoms with Gasteiger partial charge in [0.15, 0.2) is 5.11 Å². The molecule has 0 radical (unpaired) electrons. The Bertz CT molecular complexity index is 1070. The van der Waals surface area contributed by atoms with Crippen molar-refractivity contribution in [2.75, 3.05) is 22.9 Å². The number of fused-ring (bicyclic) bond motifs is 1. The molecule has 4 rings (SSSR count).